The van der Waals surface area contributed by atoms with Crippen molar-refractivity contribution in [3.8, 4) is 0 Å². The van der Waals surface area contributed by atoms with E-state index in [0.29, 0.717) is 0 Å². The quantitative estimate of drug-likeness (QED) is 0.708. The van der Waals surface area contributed by atoms with E-state index >= 15 is 0 Å². The molecule has 0 aliphatic carbocycles. The minimum absolute atomic E-state index is 0.209. The Morgan fingerprint density at radius 1 is 1.43 bits per heavy atom. The van der Waals surface area contributed by atoms with Crippen LogP contribution in [-0.4, -0.2) is 19.8 Å². The lowest BCUT2D eigenvalue weighted by molar-refractivity contribution is 0.147. The zero-order chi connectivity index (χ0) is 10.2. The van der Waals surface area contributed by atoms with Gasteiger partial charge in [0.25, 0.3) is 0 Å². The molecule has 0 spiro atoms. The summed E-state index contributed by atoms with van der Waals surface area (Å²) in [5, 5.41) is 3.12. The fourth-order valence-corrected chi connectivity index (χ4v) is 1.15. The number of halogens is 1. The molecular weight excluding hydrogens is 181 g/mol. The van der Waals surface area contributed by atoms with Crippen LogP contribution in [0.25, 0.3) is 0 Å². The molecule has 0 radical (unpaired) electrons. The molecule has 14 heavy (non-hydrogen) atoms. The van der Waals surface area contributed by atoms with Gasteiger partial charge in [-0.25, -0.2) is 4.39 Å². The van der Waals surface area contributed by atoms with Gasteiger partial charge in [0, 0.05) is 25.4 Å². The smallest absolute Gasteiger partial charge is 0.125 e. The van der Waals surface area contributed by atoms with Crippen LogP contribution in [0.2, 0.25) is 0 Å². The number of ether oxygens (including phenoxy) is 1. The third kappa shape index (κ3) is 4.23. The summed E-state index contributed by atoms with van der Waals surface area (Å²) in [5.41, 5.74) is 0.821. The van der Waals surface area contributed by atoms with Crippen molar-refractivity contribution in [2.24, 2.45) is 0 Å². The highest BCUT2D eigenvalue weighted by atomic mass is 19.1. The molecule has 0 atom stereocenters. The van der Waals surface area contributed by atoms with Gasteiger partial charge in [-0.1, -0.05) is 6.07 Å². The Bertz CT molecular complexity index is 265. The molecule has 1 aromatic carbocycles. The minimum Gasteiger partial charge on any atom is -0.385 e. The zero-order valence-electron chi connectivity index (χ0n) is 8.42. The maximum Gasteiger partial charge on any atom is 0.125 e. The fraction of sp³-hybridized carbons (Fsp3) is 0.455. The Labute approximate surface area is 84.1 Å². The van der Waals surface area contributed by atoms with Crippen molar-refractivity contribution in [3.63, 3.8) is 0 Å². The molecule has 0 saturated heterocycles. The summed E-state index contributed by atoms with van der Waals surface area (Å²) in [6, 6.07) is 6.47. The maximum atomic E-state index is 12.7. The number of benzene rings is 1. The number of rotatable bonds is 6. The van der Waals surface area contributed by atoms with Crippen molar-refractivity contribution < 1.29 is 9.13 Å². The summed E-state index contributed by atoms with van der Waals surface area (Å²) in [6.07, 6.45) is 0.935. The molecule has 2 nitrogen and oxygen atoms in total. The Hall–Kier alpha value is -1.09. The lowest BCUT2D eigenvalue weighted by Gasteiger charge is -2.05. The number of anilines is 1. The third-order valence-corrected chi connectivity index (χ3v) is 1.82. The van der Waals surface area contributed by atoms with Crippen LogP contribution in [0.1, 0.15) is 13.3 Å². The highest BCUT2D eigenvalue weighted by Gasteiger charge is 1.93. The van der Waals surface area contributed by atoms with Gasteiger partial charge in [-0.05, 0) is 31.5 Å². The average Bonchev–Trinajstić information content (AvgIpc) is 2.18. The third-order valence-electron chi connectivity index (χ3n) is 1.82. The van der Waals surface area contributed by atoms with E-state index in [2.05, 4.69) is 5.32 Å². The topological polar surface area (TPSA) is 21.3 Å². The van der Waals surface area contributed by atoms with Crippen LogP contribution in [0, 0.1) is 5.82 Å². The Kier molecular flexibility index (Phi) is 5.00. The Morgan fingerprint density at radius 2 is 2.29 bits per heavy atom. The van der Waals surface area contributed by atoms with E-state index < -0.39 is 0 Å². The number of nitrogens with one attached hydrogen (secondary N) is 1. The van der Waals surface area contributed by atoms with Gasteiger partial charge in [0.1, 0.15) is 5.82 Å². The molecule has 1 rings (SSSR count). The number of hydrogen-bond donors (Lipinski definition) is 1. The lowest BCUT2D eigenvalue weighted by atomic mass is 10.3. The molecule has 0 unspecified atom stereocenters. The summed E-state index contributed by atoms with van der Waals surface area (Å²) < 4.78 is 17.9. The predicted molar refractivity (Wildman–Crippen MR) is 56.0 cm³/mol. The van der Waals surface area contributed by atoms with Crippen molar-refractivity contribution in [1.29, 1.82) is 0 Å². The standard InChI is InChI=1S/C11H16FNO/c1-2-14-8-4-7-13-11-6-3-5-10(12)9-11/h3,5-6,9,13H,2,4,7-8H2,1H3. The van der Waals surface area contributed by atoms with E-state index in [0.717, 1.165) is 31.9 Å². The maximum absolute atomic E-state index is 12.7. The molecule has 0 saturated carbocycles. The monoisotopic (exact) mass is 197 g/mol. The summed E-state index contributed by atoms with van der Waals surface area (Å²) in [4.78, 5) is 0. The molecule has 1 aromatic rings. The van der Waals surface area contributed by atoms with Gasteiger partial charge >= 0.3 is 0 Å². The first kappa shape index (κ1) is 11.0. The van der Waals surface area contributed by atoms with Gasteiger partial charge in [-0.15, -0.1) is 0 Å². The largest absolute Gasteiger partial charge is 0.385 e. The molecule has 0 aromatic heterocycles. The summed E-state index contributed by atoms with van der Waals surface area (Å²) in [7, 11) is 0. The van der Waals surface area contributed by atoms with E-state index in [1.807, 2.05) is 13.0 Å². The zero-order valence-corrected chi connectivity index (χ0v) is 8.42. The van der Waals surface area contributed by atoms with Crippen LogP contribution in [0.5, 0.6) is 0 Å². The van der Waals surface area contributed by atoms with Gasteiger partial charge < -0.3 is 10.1 Å². The summed E-state index contributed by atoms with van der Waals surface area (Å²) in [5.74, 6) is -0.209. The molecule has 0 aliphatic rings. The molecule has 1 N–H and O–H groups in total. The predicted octanol–water partition coefficient (Wildman–Crippen LogP) is 2.66. The van der Waals surface area contributed by atoms with Gasteiger partial charge in [-0.2, -0.15) is 0 Å². The fourth-order valence-electron chi connectivity index (χ4n) is 1.15. The first-order chi connectivity index (χ1) is 6.83. The van der Waals surface area contributed by atoms with Crippen LogP contribution in [0.15, 0.2) is 24.3 Å². The molecule has 78 valence electrons. The summed E-state index contributed by atoms with van der Waals surface area (Å²) >= 11 is 0. The van der Waals surface area contributed by atoms with Gasteiger partial charge in [0.15, 0.2) is 0 Å². The van der Waals surface area contributed by atoms with E-state index in [9.17, 15) is 4.39 Å². The molecule has 0 bridgehead atoms. The second-order valence-electron chi connectivity index (χ2n) is 2.99. The lowest BCUT2D eigenvalue weighted by Crippen LogP contribution is -2.05. The highest BCUT2D eigenvalue weighted by molar-refractivity contribution is 5.42. The van der Waals surface area contributed by atoms with Gasteiger partial charge in [0.05, 0.1) is 0 Å². The normalized spacial score (nSPS) is 10.1. The SMILES string of the molecule is CCOCCCNc1cccc(F)c1. The van der Waals surface area contributed by atoms with Gasteiger partial charge in [-0.3, -0.25) is 0 Å². The average molecular weight is 197 g/mol. The second kappa shape index (κ2) is 6.38. The molecule has 0 amide bonds. The van der Waals surface area contributed by atoms with Crippen molar-refractivity contribution in [2.75, 3.05) is 25.1 Å². The second-order valence-corrected chi connectivity index (χ2v) is 2.99. The van der Waals surface area contributed by atoms with E-state index in [-0.39, 0.29) is 5.82 Å². The molecule has 0 fully saturated rings. The summed E-state index contributed by atoms with van der Waals surface area (Å²) in [6.45, 7) is 4.28. The molecular formula is C11H16FNO. The Morgan fingerprint density at radius 3 is 3.00 bits per heavy atom. The van der Waals surface area contributed by atoms with Crippen molar-refractivity contribution in [1.82, 2.24) is 0 Å². The molecule has 0 aliphatic heterocycles. The number of hydrogen-bond acceptors (Lipinski definition) is 2. The van der Waals surface area contributed by atoms with Crippen molar-refractivity contribution >= 4 is 5.69 Å². The molecule has 3 heteroatoms. The van der Waals surface area contributed by atoms with Crippen LogP contribution in [0.3, 0.4) is 0 Å². The Balaban J connectivity index is 2.18. The highest BCUT2D eigenvalue weighted by Crippen LogP contribution is 2.08. The van der Waals surface area contributed by atoms with E-state index in [1.54, 1.807) is 6.07 Å². The van der Waals surface area contributed by atoms with Crippen LogP contribution >= 0.6 is 0 Å². The van der Waals surface area contributed by atoms with Crippen LogP contribution in [-0.2, 0) is 4.74 Å². The van der Waals surface area contributed by atoms with E-state index in [4.69, 9.17) is 4.74 Å². The van der Waals surface area contributed by atoms with Crippen molar-refractivity contribution in [3.05, 3.63) is 30.1 Å². The first-order valence-electron chi connectivity index (χ1n) is 4.90. The van der Waals surface area contributed by atoms with Crippen LogP contribution in [0.4, 0.5) is 10.1 Å². The first-order valence-corrected chi connectivity index (χ1v) is 4.90. The van der Waals surface area contributed by atoms with Gasteiger partial charge in [0.2, 0.25) is 0 Å². The van der Waals surface area contributed by atoms with Crippen molar-refractivity contribution in [2.45, 2.75) is 13.3 Å². The minimum atomic E-state index is -0.209. The molecule has 0 heterocycles. The van der Waals surface area contributed by atoms with Crippen LogP contribution < -0.4 is 5.32 Å². The van der Waals surface area contributed by atoms with E-state index in [1.165, 1.54) is 12.1 Å².